The van der Waals surface area contributed by atoms with E-state index in [0.717, 1.165) is 30.7 Å². The lowest BCUT2D eigenvalue weighted by atomic mass is 9.92. The first-order chi connectivity index (χ1) is 11.1. The Balaban J connectivity index is 0.00000288. The molecule has 0 spiro atoms. The second-order valence-corrected chi connectivity index (χ2v) is 7.18. The number of aryl methyl sites for hydroxylation is 1. The van der Waals surface area contributed by atoms with E-state index in [1.807, 2.05) is 0 Å². The fraction of sp³-hybridized carbons (Fsp3) is 0.619. The molecule has 0 aliphatic heterocycles. The van der Waals surface area contributed by atoms with Crippen LogP contribution in [0.5, 0.6) is 0 Å². The summed E-state index contributed by atoms with van der Waals surface area (Å²) in [5.74, 6) is 1.17. The third-order valence-corrected chi connectivity index (χ3v) is 5.50. The van der Waals surface area contributed by atoms with Crippen LogP contribution in [0.2, 0.25) is 0 Å². The van der Waals surface area contributed by atoms with Crippen LogP contribution in [-0.2, 0) is 4.74 Å². The Bertz CT molecular complexity index is 509. The standard InChI is InChI=1S/C21H34NO.BrH/c1-5-22(4,6-2)16-17-23-21(19-10-8-7-9-11-19)20-14-12-18(3)13-15-20;/h12-15H,5-11,16-17H2,1-4H3;1H/q+1;/p-1. The number of halogens is 1. The molecular weight excluding hydrogens is 362 g/mol. The van der Waals surface area contributed by atoms with Crippen molar-refractivity contribution in [2.24, 2.45) is 0 Å². The Kier molecular flexibility index (Phi) is 9.07. The van der Waals surface area contributed by atoms with E-state index in [1.54, 1.807) is 0 Å². The van der Waals surface area contributed by atoms with Crippen molar-refractivity contribution in [1.29, 1.82) is 0 Å². The van der Waals surface area contributed by atoms with Crippen molar-refractivity contribution >= 4 is 5.76 Å². The molecule has 0 saturated heterocycles. The molecule has 2 rings (SSSR count). The van der Waals surface area contributed by atoms with Gasteiger partial charge in [0.1, 0.15) is 18.9 Å². The Morgan fingerprint density at radius 1 is 1.00 bits per heavy atom. The molecule has 136 valence electrons. The van der Waals surface area contributed by atoms with Gasteiger partial charge >= 0.3 is 0 Å². The van der Waals surface area contributed by atoms with E-state index in [-0.39, 0.29) is 17.0 Å². The predicted molar refractivity (Wildman–Crippen MR) is 99.3 cm³/mol. The number of hydrogen-bond acceptors (Lipinski definition) is 1. The second-order valence-electron chi connectivity index (χ2n) is 7.18. The molecule has 0 heterocycles. The van der Waals surface area contributed by atoms with Gasteiger partial charge in [-0.2, -0.15) is 0 Å². The second kappa shape index (κ2) is 10.2. The van der Waals surface area contributed by atoms with Crippen molar-refractivity contribution in [1.82, 2.24) is 0 Å². The summed E-state index contributed by atoms with van der Waals surface area (Å²) in [7, 11) is 2.32. The van der Waals surface area contributed by atoms with Gasteiger partial charge in [-0.25, -0.2) is 0 Å². The van der Waals surface area contributed by atoms with Crippen LogP contribution >= 0.6 is 0 Å². The quantitative estimate of drug-likeness (QED) is 0.507. The first kappa shape index (κ1) is 21.2. The van der Waals surface area contributed by atoms with Crippen LogP contribution in [0.1, 0.15) is 57.1 Å². The van der Waals surface area contributed by atoms with Gasteiger partial charge in [-0.05, 0) is 52.0 Å². The van der Waals surface area contributed by atoms with E-state index >= 15 is 0 Å². The molecule has 0 N–H and O–H groups in total. The van der Waals surface area contributed by atoms with Gasteiger partial charge in [0.05, 0.1) is 20.1 Å². The Morgan fingerprint density at radius 3 is 2.12 bits per heavy atom. The van der Waals surface area contributed by atoms with Gasteiger partial charge in [-0.3, -0.25) is 0 Å². The van der Waals surface area contributed by atoms with Gasteiger partial charge in [-0.15, -0.1) is 0 Å². The van der Waals surface area contributed by atoms with Gasteiger partial charge in [0.2, 0.25) is 0 Å². The molecular formula is C21H34BrNO. The monoisotopic (exact) mass is 395 g/mol. The summed E-state index contributed by atoms with van der Waals surface area (Å²) in [6, 6.07) is 8.83. The Labute approximate surface area is 159 Å². The number of quaternary nitrogens is 1. The highest BCUT2D eigenvalue weighted by Crippen LogP contribution is 2.31. The number of ether oxygens (including phenoxy) is 1. The molecule has 1 saturated carbocycles. The average Bonchev–Trinajstić information content (AvgIpc) is 2.60. The molecule has 1 aromatic carbocycles. The Hall–Kier alpha value is -0.800. The minimum atomic E-state index is 0. The first-order valence-corrected chi connectivity index (χ1v) is 9.33. The third-order valence-electron chi connectivity index (χ3n) is 5.50. The molecule has 0 bridgehead atoms. The number of likely N-dealkylation sites (N-methyl/N-ethyl adjacent to an activating group) is 1. The van der Waals surface area contributed by atoms with Crippen molar-refractivity contribution in [2.45, 2.75) is 52.9 Å². The molecule has 24 heavy (non-hydrogen) atoms. The largest absolute Gasteiger partial charge is 1.00 e. The van der Waals surface area contributed by atoms with E-state index in [1.165, 1.54) is 54.6 Å². The van der Waals surface area contributed by atoms with Crippen LogP contribution in [0.25, 0.3) is 5.76 Å². The van der Waals surface area contributed by atoms with Crippen molar-refractivity contribution in [3.63, 3.8) is 0 Å². The summed E-state index contributed by atoms with van der Waals surface area (Å²) in [5, 5.41) is 0. The summed E-state index contributed by atoms with van der Waals surface area (Å²) in [6.45, 7) is 10.9. The lowest BCUT2D eigenvalue weighted by molar-refractivity contribution is -0.906. The van der Waals surface area contributed by atoms with E-state index in [4.69, 9.17) is 4.74 Å². The van der Waals surface area contributed by atoms with Crippen molar-refractivity contribution in [2.75, 3.05) is 33.3 Å². The summed E-state index contributed by atoms with van der Waals surface area (Å²) in [4.78, 5) is 0. The SMILES string of the molecule is CC[N+](C)(CC)CCOC(=C1CCCCC1)c1ccc(C)cc1.[Br-]. The summed E-state index contributed by atoms with van der Waals surface area (Å²) >= 11 is 0. The zero-order valence-corrected chi connectivity index (χ0v) is 17.5. The highest BCUT2D eigenvalue weighted by Gasteiger charge is 2.19. The highest BCUT2D eigenvalue weighted by molar-refractivity contribution is 5.63. The number of hydrogen-bond donors (Lipinski definition) is 0. The fourth-order valence-electron chi connectivity index (χ4n) is 3.21. The van der Waals surface area contributed by atoms with Crippen molar-refractivity contribution in [3.05, 3.63) is 41.0 Å². The molecule has 0 amide bonds. The predicted octanol–water partition coefficient (Wildman–Crippen LogP) is 2.18. The highest BCUT2D eigenvalue weighted by atomic mass is 79.9. The van der Waals surface area contributed by atoms with Crippen LogP contribution < -0.4 is 17.0 Å². The summed E-state index contributed by atoms with van der Waals surface area (Å²) < 4.78 is 7.45. The first-order valence-electron chi connectivity index (χ1n) is 9.33. The summed E-state index contributed by atoms with van der Waals surface area (Å²) in [5.41, 5.74) is 4.10. The third kappa shape index (κ3) is 5.93. The van der Waals surface area contributed by atoms with Crippen LogP contribution in [0.3, 0.4) is 0 Å². The zero-order chi connectivity index (χ0) is 16.7. The molecule has 0 aromatic heterocycles. The lowest BCUT2D eigenvalue weighted by Gasteiger charge is -2.32. The maximum absolute atomic E-state index is 6.37. The average molecular weight is 396 g/mol. The normalized spacial score (nSPS) is 14.9. The molecule has 3 heteroatoms. The van der Waals surface area contributed by atoms with Crippen LogP contribution in [-0.4, -0.2) is 37.8 Å². The van der Waals surface area contributed by atoms with Crippen molar-refractivity contribution in [3.8, 4) is 0 Å². The number of rotatable bonds is 7. The zero-order valence-electron chi connectivity index (χ0n) is 15.9. The molecule has 1 aliphatic carbocycles. The van der Waals surface area contributed by atoms with Crippen molar-refractivity contribution < 1.29 is 26.2 Å². The molecule has 0 atom stereocenters. The minimum Gasteiger partial charge on any atom is -1.00 e. The van der Waals surface area contributed by atoms with E-state index in [0.29, 0.717) is 0 Å². The van der Waals surface area contributed by atoms with Crippen LogP contribution in [0, 0.1) is 6.92 Å². The number of nitrogens with zero attached hydrogens (tertiary/aromatic N) is 1. The van der Waals surface area contributed by atoms with Crippen LogP contribution in [0.4, 0.5) is 0 Å². The molecule has 0 radical (unpaired) electrons. The Morgan fingerprint density at radius 2 is 1.58 bits per heavy atom. The van der Waals surface area contributed by atoms with Gasteiger partial charge in [0.25, 0.3) is 0 Å². The smallest absolute Gasteiger partial charge is 0.137 e. The maximum atomic E-state index is 6.37. The minimum absolute atomic E-state index is 0. The molecule has 0 unspecified atom stereocenters. The molecule has 1 fully saturated rings. The summed E-state index contributed by atoms with van der Waals surface area (Å²) in [6.07, 6.45) is 6.40. The number of benzene rings is 1. The van der Waals surface area contributed by atoms with Gasteiger partial charge in [0.15, 0.2) is 0 Å². The van der Waals surface area contributed by atoms with Gasteiger partial charge < -0.3 is 26.2 Å². The van der Waals surface area contributed by atoms with Gasteiger partial charge in [-0.1, -0.05) is 36.2 Å². The van der Waals surface area contributed by atoms with Gasteiger partial charge in [0, 0.05) is 5.56 Å². The maximum Gasteiger partial charge on any atom is 0.137 e. The fourth-order valence-corrected chi connectivity index (χ4v) is 3.21. The topological polar surface area (TPSA) is 9.23 Å². The van der Waals surface area contributed by atoms with E-state index in [2.05, 4.69) is 52.1 Å². The molecule has 2 nitrogen and oxygen atoms in total. The van der Waals surface area contributed by atoms with E-state index < -0.39 is 0 Å². The molecule has 1 aromatic rings. The molecule has 1 aliphatic rings. The van der Waals surface area contributed by atoms with E-state index in [9.17, 15) is 0 Å². The number of allylic oxidation sites excluding steroid dienone is 1. The lowest BCUT2D eigenvalue weighted by Crippen LogP contribution is -3.00. The van der Waals surface area contributed by atoms with Crippen LogP contribution in [0.15, 0.2) is 29.8 Å².